The molecule has 0 radical (unpaired) electrons. The van der Waals surface area contributed by atoms with Crippen LogP contribution in [0.1, 0.15) is 0 Å². The van der Waals surface area contributed by atoms with Crippen molar-refractivity contribution < 1.29 is 8.83 Å². The summed E-state index contributed by atoms with van der Waals surface area (Å²) < 4.78 is 13.1. The van der Waals surface area contributed by atoms with E-state index in [1.165, 1.54) is 27.1 Å². The second kappa shape index (κ2) is 14.1. The Morgan fingerprint density at radius 1 is 0.270 bits per heavy atom. The molecule has 0 atom stereocenters. The topological polar surface area (TPSA) is 29.5 Å². The molecule has 2 heterocycles. The van der Waals surface area contributed by atoms with Gasteiger partial charge in [-0.15, -0.1) is 0 Å². The van der Waals surface area contributed by atoms with Gasteiger partial charge >= 0.3 is 0 Å². The Bertz CT molecular complexity index is 3710. The fourth-order valence-corrected chi connectivity index (χ4v) is 9.81. The second-order valence-electron chi connectivity index (χ2n) is 16.4. The third-order valence-electron chi connectivity index (χ3n) is 12.8. The minimum Gasteiger partial charge on any atom is -0.455 e. The van der Waals surface area contributed by atoms with Crippen LogP contribution in [-0.2, 0) is 0 Å². The third kappa shape index (κ3) is 5.75. The van der Waals surface area contributed by atoms with Crippen molar-refractivity contribution in [3.8, 4) is 33.4 Å². The van der Waals surface area contributed by atoms with Crippen LogP contribution in [-0.4, -0.2) is 0 Å². The normalized spacial score (nSPS) is 11.8. The summed E-state index contributed by atoms with van der Waals surface area (Å²) in [5.41, 5.74) is 13.7. The first kappa shape index (κ1) is 35.4. The van der Waals surface area contributed by atoms with Crippen molar-refractivity contribution >= 4 is 93.3 Å². The van der Waals surface area contributed by atoms with Gasteiger partial charge in [0.2, 0.25) is 0 Å². The molecule has 294 valence electrons. The molecule has 2 aromatic heterocycles. The van der Waals surface area contributed by atoms with Crippen molar-refractivity contribution in [1.29, 1.82) is 0 Å². The van der Waals surface area contributed by atoms with Gasteiger partial charge in [0, 0.05) is 49.4 Å². The van der Waals surface area contributed by atoms with Gasteiger partial charge in [-0.25, -0.2) is 0 Å². The van der Waals surface area contributed by atoms with E-state index in [1.807, 2.05) is 0 Å². The average Bonchev–Trinajstić information content (AvgIpc) is 3.94. The van der Waals surface area contributed by atoms with E-state index in [2.05, 4.69) is 229 Å². The molecule has 0 aliphatic heterocycles. The number of fused-ring (bicyclic) bond motifs is 11. The van der Waals surface area contributed by atoms with Crippen LogP contribution in [0.4, 0.5) is 17.1 Å². The molecule has 3 nitrogen and oxygen atoms in total. The first-order valence-electron chi connectivity index (χ1n) is 21.5. The maximum absolute atomic E-state index is 6.56. The molecule has 0 aliphatic rings. The van der Waals surface area contributed by atoms with Crippen LogP contribution in [0, 0.1) is 0 Å². The van der Waals surface area contributed by atoms with Crippen LogP contribution in [0.15, 0.2) is 233 Å². The highest BCUT2D eigenvalue weighted by Gasteiger charge is 2.19. The zero-order chi connectivity index (χ0) is 41.4. The van der Waals surface area contributed by atoms with Gasteiger partial charge in [0.25, 0.3) is 0 Å². The molecule has 0 N–H and O–H groups in total. The SMILES string of the molecule is c1cc(-c2ccc3ccccc3c2)cc(N(c2ccc(-c3cccc4oc5c6ccccc6ccc5c34)cc2)c2ccc(-c3cccc4oc5c6ccccc6ccc5c34)cc2)c1. The average molecular weight is 804 g/mol. The van der Waals surface area contributed by atoms with Gasteiger partial charge < -0.3 is 13.7 Å². The predicted molar refractivity (Wildman–Crippen MR) is 265 cm³/mol. The first-order valence-corrected chi connectivity index (χ1v) is 21.5. The Morgan fingerprint density at radius 2 is 0.730 bits per heavy atom. The van der Waals surface area contributed by atoms with Crippen molar-refractivity contribution in [3.63, 3.8) is 0 Å². The maximum atomic E-state index is 6.56. The zero-order valence-corrected chi connectivity index (χ0v) is 34.1. The van der Waals surface area contributed by atoms with Gasteiger partial charge in [-0.1, -0.05) is 158 Å². The summed E-state index contributed by atoms with van der Waals surface area (Å²) >= 11 is 0. The number of benzene rings is 11. The molecule has 0 aliphatic carbocycles. The Balaban J connectivity index is 0.934. The maximum Gasteiger partial charge on any atom is 0.143 e. The van der Waals surface area contributed by atoms with E-state index in [0.29, 0.717) is 0 Å². The summed E-state index contributed by atoms with van der Waals surface area (Å²) in [5.74, 6) is 0. The highest BCUT2D eigenvalue weighted by Crippen LogP contribution is 2.44. The standard InChI is InChI=1S/C60H37NO2/c1-2-13-43-36-45(23-22-38(43)10-1)44-14-7-15-48(37-44)61(46-30-24-41(25-31-46)49-18-8-20-55-57(49)53-34-28-39-11-3-5-16-51(39)59(53)62-55)47-32-26-42(27-33-47)50-19-9-21-56-58(50)54-35-29-40-12-4-6-17-52(40)60(54)63-56/h1-37H. The second-order valence-corrected chi connectivity index (χ2v) is 16.4. The van der Waals surface area contributed by atoms with E-state index < -0.39 is 0 Å². The summed E-state index contributed by atoms with van der Waals surface area (Å²) in [6, 6.07) is 80.5. The monoisotopic (exact) mass is 803 g/mol. The molecule has 0 bridgehead atoms. The van der Waals surface area contributed by atoms with Gasteiger partial charge in [0.15, 0.2) is 0 Å². The van der Waals surface area contributed by atoms with Crippen LogP contribution in [0.2, 0.25) is 0 Å². The molecule has 3 heteroatoms. The molecule has 0 saturated heterocycles. The van der Waals surface area contributed by atoms with Crippen molar-refractivity contribution in [2.45, 2.75) is 0 Å². The highest BCUT2D eigenvalue weighted by atomic mass is 16.3. The van der Waals surface area contributed by atoms with Crippen LogP contribution in [0.3, 0.4) is 0 Å². The van der Waals surface area contributed by atoms with E-state index in [1.54, 1.807) is 0 Å². The largest absolute Gasteiger partial charge is 0.455 e. The van der Waals surface area contributed by atoms with E-state index in [4.69, 9.17) is 8.83 Å². The smallest absolute Gasteiger partial charge is 0.143 e. The number of hydrogen-bond acceptors (Lipinski definition) is 3. The van der Waals surface area contributed by atoms with Crippen molar-refractivity contribution in [3.05, 3.63) is 224 Å². The van der Waals surface area contributed by atoms with E-state index >= 15 is 0 Å². The number of rotatable bonds is 6. The lowest BCUT2D eigenvalue weighted by atomic mass is 9.97. The number of nitrogens with zero attached hydrogens (tertiary/aromatic N) is 1. The van der Waals surface area contributed by atoms with Crippen LogP contribution >= 0.6 is 0 Å². The van der Waals surface area contributed by atoms with Crippen LogP contribution in [0.25, 0.3) is 110 Å². The van der Waals surface area contributed by atoms with Gasteiger partial charge in [-0.3, -0.25) is 0 Å². The molecule has 63 heavy (non-hydrogen) atoms. The lowest BCUT2D eigenvalue weighted by Crippen LogP contribution is -2.10. The number of furan rings is 2. The van der Waals surface area contributed by atoms with Gasteiger partial charge in [-0.05, 0) is 122 Å². The molecule has 13 rings (SSSR count). The molecule has 0 saturated carbocycles. The molecular weight excluding hydrogens is 767 g/mol. The Labute approximate surface area is 363 Å². The summed E-state index contributed by atoms with van der Waals surface area (Å²) in [7, 11) is 0. The predicted octanol–water partition coefficient (Wildman–Crippen LogP) is 17.4. The lowest BCUT2D eigenvalue weighted by Gasteiger charge is -2.26. The van der Waals surface area contributed by atoms with Crippen LogP contribution < -0.4 is 4.90 Å². The third-order valence-corrected chi connectivity index (χ3v) is 12.8. The Morgan fingerprint density at radius 3 is 1.30 bits per heavy atom. The molecule has 0 unspecified atom stereocenters. The summed E-state index contributed by atoms with van der Waals surface area (Å²) in [6.45, 7) is 0. The quantitative estimate of drug-likeness (QED) is 0.168. The molecular formula is C60H37NO2. The summed E-state index contributed by atoms with van der Waals surface area (Å²) in [5, 5.41) is 11.6. The van der Waals surface area contributed by atoms with E-state index in [0.717, 1.165) is 99.5 Å². The summed E-state index contributed by atoms with van der Waals surface area (Å²) in [4.78, 5) is 2.36. The Hall–Kier alpha value is -8.40. The van der Waals surface area contributed by atoms with Crippen molar-refractivity contribution in [2.24, 2.45) is 0 Å². The van der Waals surface area contributed by atoms with E-state index in [-0.39, 0.29) is 0 Å². The zero-order valence-electron chi connectivity index (χ0n) is 34.1. The number of hydrogen-bond donors (Lipinski definition) is 0. The van der Waals surface area contributed by atoms with Crippen molar-refractivity contribution in [2.75, 3.05) is 4.90 Å². The highest BCUT2D eigenvalue weighted by molar-refractivity contribution is 6.20. The molecule has 11 aromatic carbocycles. The Kier molecular flexibility index (Phi) is 7.91. The van der Waals surface area contributed by atoms with Gasteiger partial charge in [-0.2, -0.15) is 0 Å². The molecule has 0 fully saturated rings. The van der Waals surface area contributed by atoms with Crippen molar-refractivity contribution in [1.82, 2.24) is 0 Å². The fourth-order valence-electron chi connectivity index (χ4n) is 9.81. The van der Waals surface area contributed by atoms with E-state index in [9.17, 15) is 0 Å². The molecule has 0 spiro atoms. The van der Waals surface area contributed by atoms with Crippen LogP contribution in [0.5, 0.6) is 0 Å². The number of anilines is 3. The molecule has 0 amide bonds. The lowest BCUT2D eigenvalue weighted by molar-refractivity contribution is 0.672. The molecule has 13 aromatic rings. The summed E-state index contributed by atoms with van der Waals surface area (Å²) in [6.07, 6.45) is 0. The minimum atomic E-state index is 0.891. The fraction of sp³-hybridized carbons (Fsp3) is 0. The van der Waals surface area contributed by atoms with Gasteiger partial charge in [0.1, 0.15) is 22.3 Å². The minimum absolute atomic E-state index is 0.891. The van der Waals surface area contributed by atoms with Gasteiger partial charge in [0.05, 0.1) is 0 Å². The first-order chi connectivity index (χ1) is 31.2.